The molecule has 0 saturated heterocycles. The van der Waals surface area contributed by atoms with Crippen molar-refractivity contribution in [1.82, 2.24) is 4.31 Å². The van der Waals surface area contributed by atoms with Crippen LogP contribution in [0.5, 0.6) is 11.5 Å². The summed E-state index contributed by atoms with van der Waals surface area (Å²) in [6.45, 7) is 6.34. The van der Waals surface area contributed by atoms with Gasteiger partial charge in [0.05, 0.1) is 19.5 Å². The van der Waals surface area contributed by atoms with Gasteiger partial charge in [0.15, 0.2) is 0 Å². The van der Waals surface area contributed by atoms with Gasteiger partial charge in [-0.05, 0) is 73.4 Å². The van der Waals surface area contributed by atoms with Crippen molar-refractivity contribution >= 4 is 10.0 Å². The van der Waals surface area contributed by atoms with E-state index in [-0.39, 0.29) is 5.92 Å². The summed E-state index contributed by atoms with van der Waals surface area (Å²) in [4.78, 5) is 0. The molecule has 31 heavy (non-hydrogen) atoms. The first-order chi connectivity index (χ1) is 14.9. The summed E-state index contributed by atoms with van der Waals surface area (Å²) in [6.07, 6.45) is 4.79. The Balaban J connectivity index is 1.88. The average Bonchev–Trinajstić information content (AvgIpc) is 3.62. The van der Waals surface area contributed by atoms with Crippen molar-refractivity contribution in [2.75, 3.05) is 14.2 Å². The molecule has 5 nitrogen and oxygen atoms in total. The summed E-state index contributed by atoms with van der Waals surface area (Å²) < 4.78 is 39.6. The van der Waals surface area contributed by atoms with Gasteiger partial charge in [-0.25, -0.2) is 8.42 Å². The van der Waals surface area contributed by atoms with Crippen LogP contribution >= 0.6 is 0 Å². The topological polar surface area (TPSA) is 55.8 Å². The highest BCUT2D eigenvalue weighted by Gasteiger charge is 2.41. The summed E-state index contributed by atoms with van der Waals surface area (Å²) in [5, 5.41) is -0.463. The second-order valence-electron chi connectivity index (χ2n) is 8.24. The first-order valence-corrected chi connectivity index (χ1v) is 12.2. The van der Waals surface area contributed by atoms with E-state index in [9.17, 15) is 8.42 Å². The molecule has 0 aromatic heterocycles. The molecule has 0 spiro atoms. The zero-order chi connectivity index (χ0) is 22.4. The number of methoxy groups -OCH3 is 2. The van der Waals surface area contributed by atoms with Crippen molar-refractivity contribution in [2.24, 2.45) is 11.8 Å². The van der Waals surface area contributed by atoms with Gasteiger partial charge >= 0.3 is 0 Å². The third-order valence-electron chi connectivity index (χ3n) is 6.13. The van der Waals surface area contributed by atoms with E-state index in [1.54, 1.807) is 18.5 Å². The number of hydrogen-bond acceptors (Lipinski definition) is 4. The fourth-order valence-electron chi connectivity index (χ4n) is 4.05. The third-order valence-corrected chi connectivity index (χ3v) is 8.40. The molecule has 2 aromatic rings. The number of benzene rings is 2. The molecule has 0 heterocycles. The largest absolute Gasteiger partial charge is 0.497 e. The van der Waals surface area contributed by atoms with Gasteiger partial charge in [-0.2, -0.15) is 4.31 Å². The predicted molar refractivity (Wildman–Crippen MR) is 125 cm³/mol. The van der Waals surface area contributed by atoms with Crippen LogP contribution in [0.2, 0.25) is 0 Å². The Hall–Kier alpha value is -2.31. The Bertz CT molecular complexity index is 901. The Morgan fingerprint density at radius 3 is 1.77 bits per heavy atom. The van der Waals surface area contributed by atoms with Crippen LogP contribution in [-0.4, -0.2) is 32.2 Å². The quantitative estimate of drug-likeness (QED) is 0.432. The minimum atomic E-state index is -3.53. The number of allylic oxidation sites excluding steroid dienone is 1. The first kappa shape index (κ1) is 23.4. The van der Waals surface area contributed by atoms with Crippen LogP contribution in [-0.2, 0) is 23.1 Å². The summed E-state index contributed by atoms with van der Waals surface area (Å²) in [5.41, 5.74) is 1.86. The molecule has 2 atom stereocenters. The van der Waals surface area contributed by atoms with Crippen molar-refractivity contribution in [3.63, 3.8) is 0 Å². The highest BCUT2D eigenvalue weighted by Crippen LogP contribution is 2.43. The number of rotatable bonds is 12. The van der Waals surface area contributed by atoms with Crippen molar-refractivity contribution in [3.05, 3.63) is 72.3 Å². The lowest BCUT2D eigenvalue weighted by Gasteiger charge is -2.30. The molecule has 1 fully saturated rings. The van der Waals surface area contributed by atoms with Crippen LogP contribution < -0.4 is 9.47 Å². The highest BCUT2D eigenvalue weighted by atomic mass is 32.2. The van der Waals surface area contributed by atoms with E-state index in [1.165, 1.54) is 0 Å². The van der Waals surface area contributed by atoms with Crippen LogP contribution in [0, 0.1) is 11.8 Å². The monoisotopic (exact) mass is 443 g/mol. The molecule has 0 N–H and O–H groups in total. The van der Waals surface area contributed by atoms with Crippen LogP contribution in [0.3, 0.4) is 0 Å². The smallest absolute Gasteiger partial charge is 0.217 e. The van der Waals surface area contributed by atoms with Gasteiger partial charge in [0.2, 0.25) is 10.0 Å². The second kappa shape index (κ2) is 10.3. The standard InChI is InChI=1S/C25H33NO4S/c1-5-6-25(22-11-12-22)19(2)31(27,28)26(17-20-7-13-23(29-3)14-8-20)18-21-9-15-24(30-4)16-10-21/h5,7-10,13-16,19,22,25H,1,6,11-12,17-18H2,2-4H3/t19-,25-/m0/s1. The number of ether oxygens (including phenoxy) is 2. The molecule has 0 aliphatic heterocycles. The number of hydrogen-bond donors (Lipinski definition) is 0. The molecule has 0 radical (unpaired) electrons. The van der Waals surface area contributed by atoms with E-state index >= 15 is 0 Å². The molecule has 168 valence electrons. The van der Waals surface area contributed by atoms with E-state index in [0.29, 0.717) is 19.0 Å². The molecule has 1 aliphatic rings. The van der Waals surface area contributed by atoms with E-state index in [0.717, 1.165) is 41.9 Å². The van der Waals surface area contributed by atoms with E-state index < -0.39 is 15.3 Å². The molecule has 1 saturated carbocycles. The molecule has 1 aliphatic carbocycles. The predicted octanol–water partition coefficient (Wildman–Crippen LogP) is 5.03. The van der Waals surface area contributed by atoms with Gasteiger partial charge in [-0.3, -0.25) is 0 Å². The minimum Gasteiger partial charge on any atom is -0.497 e. The molecular weight excluding hydrogens is 410 g/mol. The van der Waals surface area contributed by atoms with Crippen molar-refractivity contribution in [1.29, 1.82) is 0 Å². The first-order valence-electron chi connectivity index (χ1n) is 10.7. The normalized spacial score (nSPS) is 16.0. The number of nitrogens with zero attached hydrogens (tertiary/aromatic N) is 1. The van der Waals surface area contributed by atoms with Gasteiger partial charge in [-0.1, -0.05) is 30.3 Å². The summed E-state index contributed by atoms with van der Waals surface area (Å²) in [6, 6.07) is 15.1. The second-order valence-corrected chi connectivity index (χ2v) is 10.5. The van der Waals surface area contributed by atoms with Gasteiger partial charge < -0.3 is 9.47 Å². The lowest BCUT2D eigenvalue weighted by atomic mass is 9.96. The maximum atomic E-state index is 13.8. The molecule has 3 rings (SSSR count). The van der Waals surface area contributed by atoms with Crippen LogP contribution in [0.25, 0.3) is 0 Å². The van der Waals surface area contributed by atoms with Gasteiger partial charge in [0, 0.05) is 13.1 Å². The van der Waals surface area contributed by atoms with Gasteiger partial charge in [-0.15, -0.1) is 6.58 Å². The maximum absolute atomic E-state index is 13.8. The van der Waals surface area contributed by atoms with Gasteiger partial charge in [0.25, 0.3) is 0 Å². The Kier molecular flexibility index (Phi) is 7.79. The zero-order valence-corrected chi connectivity index (χ0v) is 19.5. The maximum Gasteiger partial charge on any atom is 0.217 e. The van der Waals surface area contributed by atoms with Crippen LogP contribution in [0.15, 0.2) is 61.2 Å². The summed E-state index contributed by atoms with van der Waals surface area (Å²) >= 11 is 0. The Labute approximate surface area is 186 Å². The lowest BCUT2D eigenvalue weighted by Crippen LogP contribution is -2.40. The van der Waals surface area contributed by atoms with E-state index in [4.69, 9.17) is 9.47 Å². The molecular formula is C25H33NO4S. The fraction of sp³-hybridized carbons (Fsp3) is 0.440. The third kappa shape index (κ3) is 5.89. The van der Waals surface area contributed by atoms with Crippen molar-refractivity contribution in [3.8, 4) is 11.5 Å². The Morgan fingerprint density at radius 1 is 0.968 bits per heavy atom. The SMILES string of the molecule is C=CC[C@H](C1CC1)[C@H](C)S(=O)(=O)N(Cc1ccc(OC)cc1)Cc1ccc(OC)cc1. The average molecular weight is 444 g/mol. The molecule has 0 unspecified atom stereocenters. The minimum absolute atomic E-state index is 0.108. The fourth-order valence-corrected chi connectivity index (χ4v) is 5.95. The highest BCUT2D eigenvalue weighted by molar-refractivity contribution is 7.89. The Morgan fingerprint density at radius 2 is 1.42 bits per heavy atom. The summed E-state index contributed by atoms with van der Waals surface area (Å²) in [5.74, 6) is 2.09. The molecule has 0 bridgehead atoms. The van der Waals surface area contributed by atoms with E-state index in [1.807, 2.05) is 61.5 Å². The lowest BCUT2D eigenvalue weighted by molar-refractivity contribution is 0.367. The van der Waals surface area contributed by atoms with Crippen LogP contribution in [0.1, 0.15) is 37.3 Å². The summed E-state index contributed by atoms with van der Waals surface area (Å²) in [7, 11) is -0.293. The van der Waals surface area contributed by atoms with Gasteiger partial charge in [0.1, 0.15) is 11.5 Å². The molecule has 0 amide bonds. The van der Waals surface area contributed by atoms with Crippen LogP contribution in [0.4, 0.5) is 0 Å². The number of sulfonamides is 1. The molecule has 6 heteroatoms. The molecule has 2 aromatic carbocycles. The van der Waals surface area contributed by atoms with Crippen molar-refractivity contribution < 1.29 is 17.9 Å². The zero-order valence-electron chi connectivity index (χ0n) is 18.7. The van der Waals surface area contributed by atoms with Crippen molar-refractivity contribution in [2.45, 2.75) is 44.5 Å². The van der Waals surface area contributed by atoms with E-state index in [2.05, 4.69) is 6.58 Å².